The zero-order chi connectivity index (χ0) is 23.7. The Balaban J connectivity index is 2.23. The van der Waals surface area contributed by atoms with E-state index in [1.54, 1.807) is 0 Å². The number of halogens is 1. The molecule has 0 heterocycles. The van der Waals surface area contributed by atoms with Gasteiger partial charge in [-0.2, -0.15) is 0 Å². The van der Waals surface area contributed by atoms with Gasteiger partial charge in [-0.3, -0.25) is 0 Å². The molecule has 2 aromatic rings. The van der Waals surface area contributed by atoms with E-state index in [-0.39, 0.29) is 0 Å². The van der Waals surface area contributed by atoms with Crippen LogP contribution in [0.3, 0.4) is 0 Å². The van der Waals surface area contributed by atoms with E-state index in [1.165, 1.54) is 7.14 Å². The van der Waals surface area contributed by atoms with E-state index in [4.69, 9.17) is 18.9 Å². The van der Waals surface area contributed by atoms with E-state index < -0.39 is 21.2 Å². The molecule has 4 nitrogen and oxygen atoms in total. The quantitative estimate of drug-likeness (QED) is 0.195. The molecule has 186 valence electrons. The van der Waals surface area contributed by atoms with Crippen LogP contribution >= 0.6 is 0 Å². The van der Waals surface area contributed by atoms with Crippen LogP contribution in [0.2, 0.25) is 0 Å². The molecule has 0 bridgehead atoms. The van der Waals surface area contributed by atoms with Crippen LogP contribution in [0.15, 0.2) is 36.4 Å². The van der Waals surface area contributed by atoms with Crippen LogP contribution in [0.4, 0.5) is 0 Å². The van der Waals surface area contributed by atoms with E-state index >= 15 is 0 Å². The molecule has 0 N–H and O–H groups in total. The van der Waals surface area contributed by atoms with Gasteiger partial charge in [0.25, 0.3) is 0 Å². The van der Waals surface area contributed by atoms with Gasteiger partial charge >= 0.3 is 212 Å². The van der Waals surface area contributed by atoms with Crippen molar-refractivity contribution in [2.45, 2.75) is 79.1 Å². The monoisotopic (exact) mass is 569 g/mol. The summed E-state index contributed by atoms with van der Waals surface area (Å²) in [6, 6.07) is 12.7. The number of rotatable bonds is 18. The Morgan fingerprint density at radius 3 is 1.24 bits per heavy atom. The average molecular weight is 570 g/mol. The van der Waals surface area contributed by atoms with Crippen LogP contribution in [0.5, 0.6) is 23.0 Å². The predicted molar refractivity (Wildman–Crippen MR) is 132 cm³/mol. The van der Waals surface area contributed by atoms with Gasteiger partial charge in [-0.1, -0.05) is 0 Å². The second kappa shape index (κ2) is 16.9. The molecular formula is C28H42IO4-. The summed E-state index contributed by atoms with van der Waals surface area (Å²) in [7, 11) is 0. The molecule has 0 amide bonds. The Hall–Kier alpha value is -1.63. The molecule has 2 aromatic carbocycles. The fraction of sp³-hybridized carbons (Fsp3) is 0.571. The molecule has 0 aliphatic rings. The molecule has 0 spiro atoms. The van der Waals surface area contributed by atoms with Crippen molar-refractivity contribution in [2.75, 3.05) is 26.4 Å². The van der Waals surface area contributed by atoms with Gasteiger partial charge in [0.15, 0.2) is 0 Å². The number of hydrogen-bond donors (Lipinski definition) is 0. The summed E-state index contributed by atoms with van der Waals surface area (Å²) in [4.78, 5) is 0. The Morgan fingerprint density at radius 2 is 0.879 bits per heavy atom. The molecular weight excluding hydrogens is 527 g/mol. The van der Waals surface area contributed by atoms with Crippen LogP contribution in [0.1, 0.15) is 79.1 Å². The SMILES string of the molecule is CCCCOc1ccc([I-]c2ccc(OCCCC)cc2OCCCC)c(OCCCC)c1. The van der Waals surface area contributed by atoms with Crippen LogP contribution in [0, 0.1) is 7.14 Å². The first kappa shape index (κ1) is 27.6. The van der Waals surface area contributed by atoms with Gasteiger partial charge in [0.2, 0.25) is 0 Å². The van der Waals surface area contributed by atoms with Crippen molar-refractivity contribution in [1.29, 1.82) is 0 Å². The molecule has 0 aliphatic heterocycles. The van der Waals surface area contributed by atoms with Crippen molar-refractivity contribution in [3.05, 3.63) is 43.5 Å². The standard InChI is InChI=1S/C28H42IO4/c1-5-9-17-30-23-13-15-25(27(21-23)32-19-11-7-3)29-26-16-14-24(31-18-10-6-2)22-28(26)33-20-12-8-4/h13-16,21-22H,5-12,17-20H2,1-4H3/q-1. The summed E-state index contributed by atoms with van der Waals surface area (Å²) < 4.78 is 26.8. The van der Waals surface area contributed by atoms with Crippen LogP contribution in [-0.2, 0) is 0 Å². The molecule has 2 rings (SSSR count). The summed E-state index contributed by atoms with van der Waals surface area (Å²) >= 11 is -0.479. The van der Waals surface area contributed by atoms with Gasteiger partial charge in [-0.05, 0) is 0 Å². The Bertz CT molecular complexity index is 728. The average Bonchev–Trinajstić information content (AvgIpc) is 2.82. The van der Waals surface area contributed by atoms with Crippen molar-refractivity contribution < 1.29 is 40.2 Å². The van der Waals surface area contributed by atoms with Gasteiger partial charge < -0.3 is 0 Å². The zero-order valence-corrected chi connectivity index (χ0v) is 23.1. The second-order valence-electron chi connectivity index (χ2n) is 8.09. The van der Waals surface area contributed by atoms with E-state index in [0.717, 1.165) is 101 Å². The van der Waals surface area contributed by atoms with Crippen molar-refractivity contribution in [3.8, 4) is 23.0 Å². The summed E-state index contributed by atoms with van der Waals surface area (Å²) in [5, 5.41) is 0. The van der Waals surface area contributed by atoms with Gasteiger partial charge in [0.05, 0.1) is 0 Å². The van der Waals surface area contributed by atoms with E-state index in [1.807, 2.05) is 0 Å². The second-order valence-corrected chi connectivity index (χ2v) is 11.0. The van der Waals surface area contributed by atoms with E-state index in [2.05, 4.69) is 64.1 Å². The molecule has 0 aliphatic carbocycles. The third kappa shape index (κ3) is 10.4. The Morgan fingerprint density at radius 1 is 0.515 bits per heavy atom. The van der Waals surface area contributed by atoms with E-state index in [9.17, 15) is 0 Å². The molecule has 0 radical (unpaired) electrons. The van der Waals surface area contributed by atoms with Crippen molar-refractivity contribution >= 4 is 0 Å². The van der Waals surface area contributed by atoms with Crippen LogP contribution in [0.25, 0.3) is 0 Å². The van der Waals surface area contributed by atoms with Gasteiger partial charge in [0, 0.05) is 0 Å². The maximum atomic E-state index is 6.21. The summed E-state index contributed by atoms with van der Waals surface area (Å²) in [6.07, 6.45) is 8.71. The minimum absolute atomic E-state index is 0.479. The Kier molecular flexibility index (Phi) is 14.1. The summed E-state index contributed by atoms with van der Waals surface area (Å²) in [5.41, 5.74) is 0. The van der Waals surface area contributed by atoms with Gasteiger partial charge in [-0.15, -0.1) is 0 Å². The predicted octanol–water partition coefficient (Wildman–Crippen LogP) is 4.53. The fourth-order valence-corrected chi connectivity index (χ4v) is 5.46. The van der Waals surface area contributed by atoms with Gasteiger partial charge in [0.1, 0.15) is 0 Å². The molecule has 0 fully saturated rings. The molecule has 0 unspecified atom stereocenters. The van der Waals surface area contributed by atoms with Crippen molar-refractivity contribution in [1.82, 2.24) is 0 Å². The van der Waals surface area contributed by atoms with E-state index in [0.29, 0.717) is 0 Å². The van der Waals surface area contributed by atoms with Crippen LogP contribution < -0.4 is 40.2 Å². The first-order valence-corrected chi connectivity index (χ1v) is 14.8. The molecule has 0 saturated heterocycles. The summed E-state index contributed by atoms with van der Waals surface area (Å²) in [5.74, 6) is 3.68. The van der Waals surface area contributed by atoms with Crippen molar-refractivity contribution in [2.24, 2.45) is 0 Å². The maximum absolute atomic E-state index is 6.21. The first-order chi connectivity index (χ1) is 16.2. The minimum atomic E-state index is -0.479. The third-order valence-electron chi connectivity index (χ3n) is 5.05. The molecule has 33 heavy (non-hydrogen) atoms. The Labute approximate surface area is 211 Å². The summed E-state index contributed by atoms with van der Waals surface area (Å²) in [6.45, 7) is 11.7. The first-order valence-electron chi connectivity index (χ1n) is 12.7. The van der Waals surface area contributed by atoms with Crippen LogP contribution in [-0.4, -0.2) is 26.4 Å². The van der Waals surface area contributed by atoms with Crippen molar-refractivity contribution in [3.63, 3.8) is 0 Å². The molecule has 0 aromatic heterocycles. The zero-order valence-electron chi connectivity index (χ0n) is 21.0. The van der Waals surface area contributed by atoms with Gasteiger partial charge in [-0.25, -0.2) is 0 Å². The fourth-order valence-electron chi connectivity index (χ4n) is 2.96. The number of benzene rings is 2. The molecule has 0 saturated carbocycles. The number of ether oxygens (including phenoxy) is 4. The molecule has 0 atom stereocenters. The normalized spacial score (nSPS) is 10.9. The number of hydrogen-bond acceptors (Lipinski definition) is 4. The third-order valence-corrected chi connectivity index (χ3v) is 8.00. The number of unbranched alkanes of at least 4 members (excludes halogenated alkanes) is 4. The topological polar surface area (TPSA) is 36.9 Å². The molecule has 5 heteroatoms.